The minimum Gasteiger partial charge on any atom is -0.299 e. The Morgan fingerprint density at radius 1 is 1.00 bits per heavy atom. The quantitative estimate of drug-likeness (QED) is 0.737. The number of fused-ring (bicyclic) bond motifs is 2. The highest BCUT2D eigenvalue weighted by atomic mass is 16.1. The van der Waals surface area contributed by atoms with Gasteiger partial charge in [0.1, 0.15) is 5.78 Å². The number of carbonyl (C=O) groups is 2. The lowest BCUT2D eigenvalue weighted by atomic mass is 9.66. The molecule has 2 bridgehead atoms. The molecule has 0 heterocycles. The summed E-state index contributed by atoms with van der Waals surface area (Å²) in [5.74, 6) is 0.529. The van der Waals surface area contributed by atoms with Gasteiger partial charge in [0.2, 0.25) is 0 Å². The summed E-state index contributed by atoms with van der Waals surface area (Å²) < 4.78 is 0. The van der Waals surface area contributed by atoms with Gasteiger partial charge in [-0.25, -0.2) is 0 Å². The van der Waals surface area contributed by atoms with Crippen LogP contribution in [0.5, 0.6) is 0 Å². The summed E-state index contributed by atoms with van der Waals surface area (Å²) in [6.45, 7) is 0. The SMILES string of the molecule is O=C1C[C@H](c2ccccc2)[C@@H]2C[C@H]1C=CC2=O. The van der Waals surface area contributed by atoms with Crippen molar-refractivity contribution in [1.29, 1.82) is 0 Å². The number of carbonyl (C=O) groups excluding carboxylic acids is 2. The van der Waals surface area contributed by atoms with Gasteiger partial charge in [0, 0.05) is 24.2 Å². The Labute approximate surface area is 100 Å². The van der Waals surface area contributed by atoms with Gasteiger partial charge in [-0.1, -0.05) is 36.4 Å². The van der Waals surface area contributed by atoms with E-state index in [1.54, 1.807) is 12.2 Å². The molecule has 0 spiro atoms. The van der Waals surface area contributed by atoms with Gasteiger partial charge in [0.05, 0.1) is 0 Å². The van der Waals surface area contributed by atoms with Crippen molar-refractivity contribution in [3.8, 4) is 0 Å². The first kappa shape index (κ1) is 10.5. The molecule has 3 atom stereocenters. The van der Waals surface area contributed by atoms with Crippen LogP contribution in [-0.4, -0.2) is 11.6 Å². The Hall–Kier alpha value is -1.70. The fraction of sp³-hybridized carbons (Fsp3) is 0.333. The molecule has 0 aromatic heterocycles. The predicted octanol–water partition coefficient (Wildman–Crippen LogP) is 2.50. The molecule has 86 valence electrons. The lowest BCUT2D eigenvalue weighted by molar-refractivity contribution is -0.129. The Bertz CT molecular complexity index is 487. The molecule has 0 aliphatic heterocycles. The monoisotopic (exact) mass is 226 g/mol. The average Bonchev–Trinajstić information content (AvgIpc) is 2.37. The van der Waals surface area contributed by atoms with Crippen LogP contribution in [0.4, 0.5) is 0 Å². The van der Waals surface area contributed by atoms with Crippen LogP contribution in [0.2, 0.25) is 0 Å². The second kappa shape index (κ2) is 3.95. The molecule has 1 saturated carbocycles. The highest BCUT2D eigenvalue weighted by molar-refractivity contribution is 5.98. The smallest absolute Gasteiger partial charge is 0.159 e. The van der Waals surface area contributed by atoms with Crippen molar-refractivity contribution in [3.05, 3.63) is 48.0 Å². The lowest BCUT2D eigenvalue weighted by Crippen LogP contribution is -2.36. The van der Waals surface area contributed by atoms with E-state index in [0.717, 1.165) is 5.56 Å². The van der Waals surface area contributed by atoms with Crippen molar-refractivity contribution < 1.29 is 9.59 Å². The fourth-order valence-electron chi connectivity index (χ4n) is 2.96. The van der Waals surface area contributed by atoms with Crippen LogP contribution in [-0.2, 0) is 9.59 Å². The highest BCUT2D eigenvalue weighted by Gasteiger charge is 2.40. The van der Waals surface area contributed by atoms with E-state index in [1.165, 1.54) is 0 Å². The van der Waals surface area contributed by atoms with Crippen molar-refractivity contribution in [2.24, 2.45) is 11.8 Å². The third kappa shape index (κ3) is 1.74. The largest absolute Gasteiger partial charge is 0.299 e. The van der Waals surface area contributed by atoms with Crippen molar-refractivity contribution >= 4 is 11.6 Å². The molecule has 2 aliphatic rings. The van der Waals surface area contributed by atoms with Gasteiger partial charge in [-0.3, -0.25) is 9.59 Å². The van der Waals surface area contributed by atoms with E-state index in [1.807, 2.05) is 30.3 Å². The zero-order chi connectivity index (χ0) is 11.8. The molecule has 2 heteroatoms. The number of allylic oxidation sites excluding steroid dienone is 2. The zero-order valence-corrected chi connectivity index (χ0v) is 9.50. The molecular weight excluding hydrogens is 212 g/mol. The summed E-state index contributed by atoms with van der Waals surface area (Å²) in [5, 5.41) is 0. The molecule has 0 amide bonds. The van der Waals surface area contributed by atoms with Crippen LogP contribution < -0.4 is 0 Å². The van der Waals surface area contributed by atoms with E-state index in [0.29, 0.717) is 12.8 Å². The predicted molar refractivity (Wildman–Crippen MR) is 64.6 cm³/mol. The van der Waals surface area contributed by atoms with Gasteiger partial charge in [0.25, 0.3) is 0 Å². The summed E-state index contributed by atoms with van der Waals surface area (Å²) in [6.07, 6.45) is 4.59. The van der Waals surface area contributed by atoms with Crippen molar-refractivity contribution in [2.75, 3.05) is 0 Å². The summed E-state index contributed by atoms with van der Waals surface area (Å²) in [7, 11) is 0. The van der Waals surface area contributed by atoms with E-state index in [4.69, 9.17) is 0 Å². The third-order valence-electron chi connectivity index (χ3n) is 3.91. The van der Waals surface area contributed by atoms with Gasteiger partial charge in [-0.05, 0) is 18.1 Å². The second-order valence-electron chi connectivity index (χ2n) is 4.90. The molecule has 1 aromatic carbocycles. The van der Waals surface area contributed by atoms with Gasteiger partial charge in [-0.15, -0.1) is 0 Å². The normalized spacial score (nSPS) is 31.6. The maximum absolute atomic E-state index is 11.9. The number of rotatable bonds is 1. The summed E-state index contributed by atoms with van der Waals surface area (Å²) >= 11 is 0. The Kier molecular flexibility index (Phi) is 2.43. The molecule has 17 heavy (non-hydrogen) atoms. The maximum atomic E-state index is 11.9. The molecule has 0 unspecified atom stereocenters. The lowest BCUT2D eigenvalue weighted by Gasteiger charge is -2.35. The van der Waals surface area contributed by atoms with E-state index in [2.05, 4.69) is 0 Å². The van der Waals surface area contributed by atoms with Gasteiger partial charge < -0.3 is 0 Å². The van der Waals surface area contributed by atoms with E-state index < -0.39 is 0 Å². The summed E-state index contributed by atoms with van der Waals surface area (Å²) in [6, 6.07) is 9.93. The van der Waals surface area contributed by atoms with Crippen LogP contribution in [0, 0.1) is 11.8 Å². The van der Waals surface area contributed by atoms with Crippen molar-refractivity contribution in [1.82, 2.24) is 0 Å². The average molecular weight is 226 g/mol. The van der Waals surface area contributed by atoms with Crippen molar-refractivity contribution in [2.45, 2.75) is 18.8 Å². The first-order chi connectivity index (χ1) is 8.25. The summed E-state index contributed by atoms with van der Waals surface area (Å²) in [4.78, 5) is 23.8. The van der Waals surface area contributed by atoms with Crippen LogP contribution in [0.25, 0.3) is 0 Å². The molecule has 2 aliphatic carbocycles. The zero-order valence-electron chi connectivity index (χ0n) is 9.50. The second-order valence-corrected chi connectivity index (χ2v) is 4.90. The number of hydrogen-bond donors (Lipinski definition) is 0. The molecule has 1 fully saturated rings. The Balaban J connectivity index is 1.98. The first-order valence-electron chi connectivity index (χ1n) is 6.05. The minimum atomic E-state index is -0.0161. The molecule has 3 rings (SSSR count). The van der Waals surface area contributed by atoms with Gasteiger partial charge >= 0.3 is 0 Å². The van der Waals surface area contributed by atoms with Gasteiger partial charge in [0.15, 0.2) is 5.78 Å². The number of ketones is 2. The third-order valence-corrected chi connectivity index (χ3v) is 3.91. The van der Waals surface area contributed by atoms with Crippen LogP contribution >= 0.6 is 0 Å². The standard InChI is InChI=1S/C15H14O2/c16-14-7-6-11-8-13(14)12(9-15(11)17)10-4-2-1-3-5-10/h1-7,11-13H,8-9H2/t11-,12-,13+/m1/s1. The molecule has 2 nitrogen and oxygen atoms in total. The van der Waals surface area contributed by atoms with Crippen molar-refractivity contribution in [3.63, 3.8) is 0 Å². The van der Waals surface area contributed by atoms with E-state index in [-0.39, 0.29) is 29.3 Å². The van der Waals surface area contributed by atoms with Crippen LogP contribution in [0.15, 0.2) is 42.5 Å². The van der Waals surface area contributed by atoms with Crippen LogP contribution in [0.3, 0.4) is 0 Å². The highest BCUT2D eigenvalue weighted by Crippen LogP contribution is 2.41. The number of hydrogen-bond acceptors (Lipinski definition) is 2. The van der Waals surface area contributed by atoms with E-state index >= 15 is 0 Å². The maximum Gasteiger partial charge on any atom is 0.159 e. The van der Waals surface area contributed by atoms with Crippen LogP contribution in [0.1, 0.15) is 24.3 Å². The summed E-state index contributed by atoms with van der Waals surface area (Å²) in [5.41, 5.74) is 1.12. The topological polar surface area (TPSA) is 34.1 Å². The fourth-order valence-corrected chi connectivity index (χ4v) is 2.96. The Morgan fingerprint density at radius 3 is 2.53 bits per heavy atom. The molecule has 1 aromatic rings. The van der Waals surface area contributed by atoms with E-state index in [9.17, 15) is 9.59 Å². The van der Waals surface area contributed by atoms with Gasteiger partial charge in [-0.2, -0.15) is 0 Å². The molecule has 0 saturated heterocycles. The number of benzene rings is 1. The molecular formula is C15H14O2. The minimum absolute atomic E-state index is 0.00472. The Morgan fingerprint density at radius 2 is 1.76 bits per heavy atom. The number of Topliss-reactive ketones (excluding diaryl/α,β-unsaturated/α-hetero) is 1. The first-order valence-corrected chi connectivity index (χ1v) is 6.05. The molecule has 0 N–H and O–H groups in total. The molecule has 0 radical (unpaired) electrons.